The van der Waals surface area contributed by atoms with Gasteiger partial charge in [0.05, 0.1) is 11.6 Å². The summed E-state index contributed by atoms with van der Waals surface area (Å²) < 4.78 is 0. The molecule has 2 heterocycles. The molecule has 0 saturated heterocycles. The molecule has 1 saturated carbocycles. The van der Waals surface area contributed by atoms with Crippen molar-refractivity contribution in [3.8, 4) is 0 Å². The Morgan fingerprint density at radius 1 is 1.30 bits per heavy atom. The lowest BCUT2D eigenvalue weighted by atomic mass is 9.76. The smallest absolute Gasteiger partial charge is 0.241 e. The first-order chi connectivity index (χ1) is 9.70. The van der Waals surface area contributed by atoms with Gasteiger partial charge >= 0.3 is 0 Å². The number of nitrogens with one attached hydrogen (secondary N) is 3. The van der Waals surface area contributed by atoms with Gasteiger partial charge < -0.3 is 5.32 Å². The van der Waals surface area contributed by atoms with E-state index in [2.05, 4.69) is 37.8 Å². The van der Waals surface area contributed by atoms with Crippen LogP contribution in [-0.2, 0) is 0 Å². The molecule has 7 nitrogen and oxygen atoms in total. The van der Waals surface area contributed by atoms with Gasteiger partial charge in [0.15, 0.2) is 5.65 Å². The predicted octanol–water partition coefficient (Wildman–Crippen LogP) is 2.02. The maximum Gasteiger partial charge on any atom is 0.241 e. The van der Waals surface area contributed by atoms with Crippen LogP contribution in [0.1, 0.15) is 39.0 Å². The number of nitrogens with zero attached hydrogens (tertiary/aromatic N) is 3. The number of hydrogen-bond donors (Lipinski definition) is 4. The van der Waals surface area contributed by atoms with Crippen LogP contribution >= 0.6 is 0 Å². The Hall–Kier alpha value is -1.89. The van der Waals surface area contributed by atoms with Crippen LogP contribution in [0.5, 0.6) is 0 Å². The fraction of sp³-hybridized carbons (Fsp3) is 0.615. The molecule has 0 unspecified atom stereocenters. The molecule has 1 aliphatic carbocycles. The van der Waals surface area contributed by atoms with Crippen molar-refractivity contribution in [3.63, 3.8) is 0 Å². The second kappa shape index (κ2) is 5.24. The number of aromatic nitrogens is 4. The van der Waals surface area contributed by atoms with Crippen LogP contribution in [0.2, 0.25) is 0 Å². The molecule has 3 rings (SSSR count). The van der Waals surface area contributed by atoms with Crippen molar-refractivity contribution >= 4 is 22.8 Å². The number of aromatic amines is 1. The van der Waals surface area contributed by atoms with E-state index < -0.39 is 0 Å². The van der Waals surface area contributed by atoms with Crippen molar-refractivity contribution in [2.45, 2.75) is 39.0 Å². The SMILES string of the molecule is CC1(CNc2nc(NN)nc3[nH]ncc23)CCCCC1. The number of nitrogens with two attached hydrogens (primary N) is 1. The Morgan fingerprint density at radius 2 is 2.10 bits per heavy atom. The third-order valence-corrected chi connectivity index (χ3v) is 4.18. The van der Waals surface area contributed by atoms with Crippen LogP contribution in [0.3, 0.4) is 0 Å². The largest absolute Gasteiger partial charge is 0.369 e. The summed E-state index contributed by atoms with van der Waals surface area (Å²) >= 11 is 0. The van der Waals surface area contributed by atoms with Crippen LogP contribution in [0.25, 0.3) is 11.0 Å². The molecule has 0 radical (unpaired) electrons. The van der Waals surface area contributed by atoms with Crippen molar-refractivity contribution < 1.29 is 0 Å². The molecule has 1 aliphatic rings. The lowest BCUT2D eigenvalue weighted by molar-refractivity contribution is 0.233. The Bertz CT molecular complexity index is 585. The monoisotopic (exact) mass is 275 g/mol. The van der Waals surface area contributed by atoms with E-state index in [0.717, 1.165) is 17.7 Å². The average molecular weight is 275 g/mol. The number of hydrazine groups is 1. The van der Waals surface area contributed by atoms with Crippen molar-refractivity contribution in [3.05, 3.63) is 6.20 Å². The highest BCUT2D eigenvalue weighted by Crippen LogP contribution is 2.36. The van der Waals surface area contributed by atoms with Crippen LogP contribution in [0, 0.1) is 5.41 Å². The predicted molar refractivity (Wildman–Crippen MR) is 79.2 cm³/mol. The van der Waals surface area contributed by atoms with Gasteiger partial charge in [0.25, 0.3) is 0 Å². The molecule has 0 spiro atoms. The summed E-state index contributed by atoms with van der Waals surface area (Å²) in [6.45, 7) is 3.25. The van der Waals surface area contributed by atoms with Gasteiger partial charge in [0, 0.05) is 6.54 Å². The van der Waals surface area contributed by atoms with Gasteiger partial charge in [-0.1, -0.05) is 26.2 Å². The Morgan fingerprint density at radius 3 is 2.85 bits per heavy atom. The van der Waals surface area contributed by atoms with Gasteiger partial charge in [-0.25, -0.2) is 5.84 Å². The van der Waals surface area contributed by atoms with Gasteiger partial charge in [0.1, 0.15) is 5.82 Å². The number of anilines is 2. The van der Waals surface area contributed by atoms with Crippen molar-refractivity contribution in [2.75, 3.05) is 17.3 Å². The third-order valence-electron chi connectivity index (χ3n) is 4.18. The number of hydrogen-bond acceptors (Lipinski definition) is 6. The fourth-order valence-electron chi connectivity index (χ4n) is 2.91. The summed E-state index contributed by atoms with van der Waals surface area (Å²) in [5.41, 5.74) is 3.51. The van der Waals surface area contributed by atoms with E-state index in [4.69, 9.17) is 5.84 Å². The van der Waals surface area contributed by atoms with Gasteiger partial charge in [-0.3, -0.25) is 10.5 Å². The molecule has 0 atom stereocenters. The second-order valence-corrected chi connectivity index (χ2v) is 5.90. The lowest BCUT2D eigenvalue weighted by Crippen LogP contribution is -2.29. The normalized spacial score (nSPS) is 18.1. The van der Waals surface area contributed by atoms with E-state index in [-0.39, 0.29) is 0 Å². The molecule has 0 aliphatic heterocycles. The minimum absolute atomic E-state index is 0.343. The third kappa shape index (κ3) is 2.53. The number of rotatable bonds is 4. The van der Waals surface area contributed by atoms with E-state index >= 15 is 0 Å². The molecular weight excluding hydrogens is 254 g/mol. The minimum atomic E-state index is 0.343. The quantitative estimate of drug-likeness (QED) is 0.502. The summed E-state index contributed by atoms with van der Waals surface area (Å²) in [6.07, 6.45) is 8.26. The fourth-order valence-corrected chi connectivity index (χ4v) is 2.91. The summed E-state index contributed by atoms with van der Waals surface area (Å²) in [7, 11) is 0. The summed E-state index contributed by atoms with van der Waals surface area (Å²) in [4.78, 5) is 8.61. The van der Waals surface area contributed by atoms with Crippen LogP contribution < -0.4 is 16.6 Å². The summed E-state index contributed by atoms with van der Waals surface area (Å²) in [5.74, 6) is 6.57. The van der Waals surface area contributed by atoms with E-state index in [0.29, 0.717) is 17.0 Å². The first-order valence-corrected chi connectivity index (χ1v) is 7.12. The molecule has 2 aromatic rings. The molecule has 2 aromatic heterocycles. The van der Waals surface area contributed by atoms with Crippen LogP contribution in [0.4, 0.5) is 11.8 Å². The van der Waals surface area contributed by atoms with Crippen LogP contribution in [-0.4, -0.2) is 26.7 Å². The zero-order valence-corrected chi connectivity index (χ0v) is 11.7. The second-order valence-electron chi connectivity index (χ2n) is 5.90. The molecule has 108 valence electrons. The van der Waals surface area contributed by atoms with Gasteiger partial charge in [-0.15, -0.1) is 0 Å². The van der Waals surface area contributed by atoms with Crippen molar-refractivity contribution in [2.24, 2.45) is 11.3 Å². The van der Waals surface area contributed by atoms with E-state index in [1.165, 1.54) is 32.1 Å². The number of H-pyrrole nitrogens is 1. The maximum atomic E-state index is 5.41. The average Bonchev–Trinajstić information content (AvgIpc) is 2.93. The maximum absolute atomic E-state index is 5.41. The molecule has 0 amide bonds. The zero-order valence-electron chi connectivity index (χ0n) is 11.7. The molecule has 5 N–H and O–H groups in total. The van der Waals surface area contributed by atoms with Gasteiger partial charge in [-0.2, -0.15) is 15.1 Å². The standard InChI is InChI=1S/C13H21N7/c1-13(5-3-2-4-6-13)8-15-10-9-7-16-20-11(9)18-12(17-10)19-14/h7H,2-6,8,14H2,1H3,(H3,15,16,17,18,19,20). The molecule has 0 bridgehead atoms. The zero-order chi connectivity index (χ0) is 14.0. The lowest BCUT2D eigenvalue weighted by Gasteiger charge is -2.33. The Balaban J connectivity index is 1.81. The summed E-state index contributed by atoms with van der Waals surface area (Å²) in [6, 6.07) is 0. The molecular formula is C13H21N7. The summed E-state index contributed by atoms with van der Waals surface area (Å²) in [5, 5.41) is 11.2. The molecule has 7 heteroatoms. The highest BCUT2D eigenvalue weighted by molar-refractivity contribution is 5.86. The van der Waals surface area contributed by atoms with Crippen LogP contribution in [0.15, 0.2) is 6.20 Å². The molecule has 0 aromatic carbocycles. The van der Waals surface area contributed by atoms with Gasteiger partial charge in [0.2, 0.25) is 5.95 Å². The Labute approximate surface area is 117 Å². The Kier molecular flexibility index (Phi) is 3.43. The minimum Gasteiger partial charge on any atom is -0.369 e. The van der Waals surface area contributed by atoms with Crippen molar-refractivity contribution in [1.82, 2.24) is 20.2 Å². The first kappa shape index (κ1) is 13.1. The highest BCUT2D eigenvalue weighted by atomic mass is 15.3. The van der Waals surface area contributed by atoms with E-state index in [9.17, 15) is 0 Å². The van der Waals surface area contributed by atoms with E-state index in [1.54, 1.807) is 6.20 Å². The molecule has 1 fully saturated rings. The first-order valence-electron chi connectivity index (χ1n) is 7.12. The van der Waals surface area contributed by atoms with E-state index in [1.807, 2.05) is 0 Å². The number of fused-ring (bicyclic) bond motifs is 1. The number of nitrogen functional groups attached to an aromatic ring is 1. The van der Waals surface area contributed by atoms with Crippen molar-refractivity contribution in [1.29, 1.82) is 0 Å². The van der Waals surface area contributed by atoms with Gasteiger partial charge in [-0.05, 0) is 18.3 Å². The molecule has 20 heavy (non-hydrogen) atoms. The topological polar surface area (TPSA) is 105 Å². The highest BCUT2D eigenvalue weighted by Gasteiger charge is 2.26.